The van der Waals surface area contributed by atoms with Gasteiger partial charge < -0.3 is 24.4 Å². The predicted molar refractivity (Wildman–Crippen MR) is 89.5 cm³/mol. The Balaban J connectivity index is 2.14. The maximum absolute atomic E-state index is 12.7. The Hall–Kier alpha value is -2.61. The number of anilines is 1. The second-order valence-electron chi connectivity index (χ2n) is 5.72. The lowest BCUT2D eigenvalue weighted by Crippen LogP contribution is -2.42. The van der Waals surface area contributed by atoms with Crippen molar-refractivity contribution in [3.63, 3.8) is 0 Å². The fourth-order valence-electron chi connectivity index (χ4n) is 2.85. The van der Waals surface area contributed by atoms with Crippen LogP contribution < -0.4 is 9.64 Å². The van der Waals surface area contributed by atoms with Gasteiger partial charge in [0.05, 0.1) is 25.3 Å². The molecule has 25 heavy (non-hydrogen) atoms. The van der Waals surface area contributed by atoms with Crippen molar-refractivity contribution in [3.8, 4) is 5.75 Å². The number of amides is 2. The molecule has 1 aliphatic rings. The Morgan fingerprint density at radius 1 is 1.32 bits per heavy atom. The minimum atomic E-state index is -1.10. The lowest BCUT2D eigenvalue weighted by Gasteiger charge is -2.24. The number of ether oxygens (including phenoxy) is 2. The van der Waals surface area contributed by atoms with Gasteiger partial charge in [0.15, 0.2) is 0 Å². The van der Waals surface area contributed by atoms with Gasteiger partial charge in [0, 0.05) is 26.6 Å². The highest BCUT2D eigenvalue weighted by atomic mass is 16.5. The third-order valence-corrected chi connectivity index (χ3v) is 4.05. The van der Waals surface area contributed by atoms with E-state index >= 15 is 0 Å². The number of methoxy groups -OCH3 is 2. The summed E-state index contributed by atoms with van der Waals surface area (Å²) in [4.78, 5) is 38.8. The summed E-state index contributed by atoms with van der Waals surface area (Å²) in [6.45, 7) is 0.180. The Morgan fingerprint density at radius 2 is 2.04 bits per heavy atom. The molecule has 1 fully saturated rings. The molecule has 1 N–H and O–H groups in total. The van der Waals surface area contributed by atoms with Crippen molar-refractivity contribution in [2.75, 3.05) is 45.4 Å². The summed E-state index contributed by atoms with van der Waals surface area (Å²) in [5.74, 6) is -1.69. The standard InChI is InChI=1S/C17H22N2O6/c1-24-8-7-18(11-16(21)22)17(23)12-9-15(20)19(10-12)13-5-3-4-6-14(13)25-2/h3-6,12H,7-11H2,1-2H3,(H,21,22). The molecule has 1 aliphatic heterocycles. The molecule has 2 amide bonds. The van der Waals surface area contributed by atoms with Crippen LogP contribution in [0.5, 0.6) is 5.75 Å². The van der Waals surface area contributed by atoms with E-state index in [-0.39, 0.29) is 37.9 Å². The first kappa shape index (κ1) is 18.7. The highest BCUT2D eigenvalue weighted by molar-refractivity contribution is 6.01. The van der Waals surface area contributed by atoms with Crippen LogP contribution in [0.3, 0.4) is 0 Å². The van der Waals surface area contributed by atoms with Crippen LogP contribution in [-0.4, -0.2) is 68.3 Å². The topological polar surface area (TPSA) is 96.4 Å². The van der Waals surface area contributed by atoms with Crippen molar-refractivity contribution >= 4 is 23.5 Å². The van der Waals surface area contributed by atoms with E-state index in [1.165, 1.54) is 24.0 Å². The van der Waals surface area contributed by atoms with Crippen LogP contribution >= 0.6 is 0 Å². The number of carbonyl (C=O) groups excluding carboxylic acids is 2. The summed E-state index contributed by atoms with van der Waals surface area (Å²) < 4.78 is 10.2. The number of hydrogen-bond acceptors (Lipinski definition) is 5. The van der Waals surface area contributed by atoms with E-state index in [4.69, 9.17) is 14.6 Å². The number of carboxylic acids is 1. The lowest BCUT2D eigenvalue weighted by atomic mass is 10.1. The minimum Gasteiger partial charge on any atom is -0.495 e. The van der Waals surface area contributed by atoms with E-state index in [0.29, 0.717) is 11.4 Å². The third kappa shape index (κ3) is 4.48. The number of carboxylic acid groups (broad SMARTS) is 1. The molecule has 1 atom stereocenters. The normalized spacial score (nSPS) is 16.8. The van der Waals surface area contributed by atoms with Crippen LogP contribution in [0.1, 0.15) is 6.42 Å². The van der Waals surface area contributed by atoms with E-state index in [1.807, 2.05) is 0 Å². The number of rotatable bonds is 8. The van der Waals surface area contributed by atoms with Gasteiger partial charge in [0.1, 0.15) is 12.3 Å². The van der Waals surface area contributed by atoms with Gasteiger partial charge in [0.2, 0.25) is 11.8 Å². The molecule has 0 saturated carbocycles. The van der Waals surface area contributed by atoms with Gasteiger partial charge in [0.25, 0.3) is 0 Å². The Bertz CT molecular complexity index is 648. The number of carbonyl (C=O) groups is 3. The van der Waals surface area contributed by atoms with Gasteiger partial charge in [-0.05, 0) is 12.1 Å². The second-order valence-corrected chi connectivity index (χ2v) is 5.72. The average Bonchev–Trinajstić information content (AvgIpc) is 2.99. The molecule has 2 rings (SSSR count). The fourth-order valence-corrected chi connectivity index (χ4v) is 2.85. The van der Waals surface area contributed by atoms with Gasteiger partial charge in [-0.3, -0.25) is 14.4 Å². The van der Waals surface area contributed by atoms with Gasteiger partial charge in [-0.1, -0.05) is 12.1 Å². The number of benzene rings is 1. The molecule has 0 aliphatic carbocycles. The van der Waals surface area contributed by atoms with Gasteiger partial charge in [-0.2, -0.15) is 0 Å². The molecule has 0 spiro atoms. The summed E-state index contributed by atoms with van der Waals surface area (Å²) in [7, 11) is 2.99. The average molecular weight is 350 g/mol. The monoisotopic (exact) mass is 350 g/mol. The summed E-state index contributed by atoms with van der Waals surface area (Å²) in [5.41, 5.74) is 0.604. The zero-order valence-electron chi connectivity index (χ0n) is 14.3. The van der Waals surface area contributed by atoms with Crippen molar-refractivity contribution in [1.29, 1.82) is 0 Å². The Morgan fingerprint density at radius 3 is 2.68 bits per heavy atom. The van der Waals surface area contributed by atoms with Gasteiger partial charge in [-0.25, -0.2) is 0 Å². The molecule has 8 heteroatoms. The molecule has 1 aromatic carbocycles. The van der Waals surface area contributed by atoms with Crippen LogP contribution in [0.15, 0.2) is 24.3 Å². The number of para-hydroxylation sites is 2. The largest absolute Gasteiger partial charge is 0.495 e. The van der Waals surface area contributed by atoms with Crippen LogP contribution in [0, 0.1) is 5.92 Å². The van der Waals surface area contributed by atoms with Crippen LogP contribution in [0.2, 0.25) is 0 Å². The van der Waals surface area contributed by atoms with E-state index in [0.717, 1.165) is 0 Å². The zero-order valence-corrected chi connectivity index (χ0v) is 14.3. The highest BCUT2D eigenvalue weighted by Gasteiger charge is 2.38. The number of aliphatic carboxylic acids is 1. The smallest absolute Gasteiger partial charge is 0.323 e. The van der Waals surface area contributed by atoms with E-state index < -0.39 is 18.4 Å². The molecule has 1 heterocycles. The first-order valence-corrected chi connectivity index (χ1v) is 7.90. The number of nitrogens with zero attached hydrogens (tertiary/aromatic N) is 2. The molecular weight excluding hydrogens is 328 g/mol. The van der Waals surface area contributed by atoms with Crippen molar-refractivity contribution in [2.45, 2.75) is 6.42 Å². The Labute approximate surface area is 145 Å². The molecule has 0 radical (unpaired) electrons. The summed E-state index contributed by atoms with van der Waals surface area (Å²) in [5, 5.41) is 9.00. The van der Waals surface area contributed by atoms with E-state index in [2.05, 4.69) is 0 Å². The van der Waals surface area contributed by atoms with Crippen LogP contribution in [-0.2, 0) is 19.1 Å². The molecule has 8 nitrogen and oxygen atoms in total. The molecule has 0 bridgehead atoms. The summed E-state index contributed by atoms with van der Waals surface area (Å²) >= 11 is 0. The maximum Gasteiger partial charge on any atom is 0.323 e. The molecule has 1 aromatic rings. The minimum absolute atomic E-state index is 0.0416. The fraction of sp³-hybridized carbons (Fsp3) is 0.471. The van der Waals surface area contributed by atoms with Crippen LogP contribution in [0.25, 0.3) is 0 Å². The third-order valence-electron chi connectivity index (χ3n) is 4.05. The molecule has 1 unspecified atom stereocenters. The van der Waals surface area contributed by atoms with E-state index in [9.17, 15) is 14.4 Å². The zero-order chi connectivity index (χ0) is 18.4. The molecule has 0 aromatic heterocycles. The maximum atomic E-state index is 12.7. The highest BCUT2D eigenvalue weighted by Crippen LogP contribution is 2.33. The number of hydrogen-bond donors (Lipinski definition) is 1. The molecule has 1 saturated heterocycles. The molecular formula is C17H22N2O6. The SMILES string of the molecule is COCCN(CC(=O)O)C(=O)C1CC(=O)N(c2ccccc2OC)C1. The van der Waals surface area contributed by atoms with E-state index in [1.54, 1.807) is 24.3 Å². The van der Waals surface area contributed by atoms with Gasteiger partial charge >= 0.3 is 5.97 Å². The first-order valence-electron chi connectivity index (χ1n) is 7.90. The summed E-state index contributed by atoms with van der Waals surface area (Å²) in [6, 6.07) is 7.08. The van der Waals surface area contributed by atoms with Crippen molar-refractivity contribution in [2.24, 2.45) is 5.92 Å². The summed E-state index contributed by atoms with van der Waals surface area (Å²) in [6.07, 6.45) is 0.0416. The quantitative estimate of drug-likeness (QED) is 0.738. The first-order chi connectivity index (χ1) is 12.0. The molecule has 136 valence electrons. The van der Waals surface area contributed by atoms with Crippen molar-refractivity contribution in [1.82, 2.24) is 4.90 Å². The van der Waals surface area contributed by atoms with Crippen LogP contribution in [0.4, 0.5) is 5.69 Å². The van der Waals surface area contributed by atoms with Gasteiger partial charge in [-0.15, -0.1) is 0 Å². The lowest BCUT2D eigenvalue weighted by molar-refractivity contribution is -0.146. The predicted octanol–water partition coefficient (Wildman–Crippen LogP) is 0.608. The van der Waals surface area contributed by atoms with Crippen molar-refractivity contribution in [3.05, 3.63) is 24.3 Å². The Kier molecular flexibility index (Phi) is 6.35. The van der Waals surface area contributed by atoms with Crippen molar-refractivity contribution < 1.29 is 29.0 Å². The second kappa shape index (κ2) is 8.48.